The van der Waals surface area contributed by atoms with Crippen molar-refractivity contribution in [3.05, 3.63) is 214 Å². The van der Waals surface area contributed by atoms with Crippen LogP contribution in [0.15, 0.2) is 164 Å². The molecular weight excluding hydrogens is 757 g/mol. The predicted octanol–water partition coefficient (Wildman–Crippen LogP) is 8.59. The second-order valence-corrected chi connectivity index (χ2v) is 14.3. The van der Waals surface area contributed by atoms with Crippen molar-refractivity contribution in [2.24, 2.45) is 0 Å². The van der Waals surface area contributed by atoms with Crippen LogP contribution in [0.3, 0.4) is 0 Å². The Morgan fingerprint density at radius 3 is 0.483 bits per heavy atom. The Kier molecular flexibility index (Phi) is 11.9. The fourth-order valence-electron chi connectivity index (χ4n) is 7.75. The quantitative estimate of drug-likeness (QED) is 0.0877. The normalized spacial score (nSPS) is 11.8. The fourth-order valence-corrected chi connectivity index (χ4v) is 7.75. The zero-order chi connectivity index (χ0) is 42.5. The molecule has 7 rings (SSSR count). The number of ether oxygens (including phenoxy) is 6. The molecule has 0 amide bonds. The van der Waals surface area contributed by atoms with Crippen LogP contribution in [0, 0.1) is 0 Å². The van der Waals surface area contributed by atoms with Gasteiger partial charge in [-0.15, -0.1) is 0 Å². The number of aliphatic hydroxyl groups is 3. The Morgan fingerprint density at radius 2 is 0.367 bits per heavy atom. The molecule has 0 fully saturated rings. The van der Waals surface area contributed by atoms with Gasteiger partial charge in [-0.25, -0.2) is 0 Å². The minimum absolute atomic E-state index is 0.353. The van der Waals surface area contributed by atoms with Crippen LogP contribution in [-0.2, 0) is 16.8 Å². The van der Waals surface area contributed by atoms with Crippen LogP contribution in [0.2, 0.25) is 0 Å². The van der Waals surface area contributed by atoms with E-state index in [1.165, 1.54) is 0 Å². The summed E-state index contributed by atoms with van der Waals surface area (Å²) in [6, 6.07) is 48.3. The smallest absolute Gasteiger partial charge is 0.140 e. The summed E-state index contributed by atoms with van der Waals surface area (Å²) < 4.78 is 33.1. The van der Waals surface area contributed by atoms with E-state index in [9.17, 15) is 15.3 Å². The van der Waals surface area contributed by atoms with Crippen LogP contribution in [0.5, 0.6) is 34.5 Å². The third-order valence-electron chi connectivity index (χ3n) is 11.2. The highest BCUT2D eigenvalue weighted by Gasteiger charge is 2.43. The van der Waals surface area contributed by atoms with Gasteiger partial charge >= 0.3 is 0 Å². The molecule has 306 valence electrons. The molecule has 9 nitrogen and oxygen atoms in total. The largest absolute Gasteiger partial charge is 0.497 e. The van der Waals surface area contributed by atoms with Gasteiger partial charge < -0.3 is 43.7 Å². The van der Waals surface area contributed by atoms with Gasteiger partial charge in [0.05, 0.1) is 42.7 Å². The molecule has 0 aromatic heterocycles. The lowest BCUT2D eigenvalue weighted by molar-refractivity contribution is 0.111. The zero-order valence-electron chi connectivity index (χ0n) is 34.4. The lowest BCUT2D eigenvalue weighted by Crippen LogP contribution is -2.35. The molecule has 0 unspecified atom stereocenters. The van der Waals surface area contributed by atoms with Crippen LogP contribution < -0.4 is 28.4 Å². The molecule has 0 spiro atoms. The van der Waals surface area contributed by atoms with Crippen LogP contribution in [0.4, 0.5) is 0 Å². The van der Waals surface area contributed by atoms with Crippen LogP contribution in [0.25, 0.3) is 0 Å². The molecule has 0 saturated heterocycles. The third kappa shape index (κ3) is 7.50. The molecule has 0 radical (unpaired) electrons. The molecule has 0 atom stereocenters. The molecule has 9 heteroatoms. The van der Waals surface area contributed by atoms with Gasteiger partial charge in [0.1, 0.15) is 51.3 Å². The average molecular weight is 805 g/mol. The second-order valence-electron chi connectivity index (χ2n) is 14.3. The molecule has 0 aliphatic rings. The topological polar surface area (TPSA) is 116 Å². The van der Waals surface area contributed by atoms with Crippen LogP contribution in [-0.4, -0.2) is 58.0 Å². The number of methoxy groups -OCH3 is 6. The van der Waals surface area contributed by atoms with Gasteiger partial charge in [0, 0.05) is 0 Å². The fraction of sp³-hybridized carbons (Fsp3) is 0.176. The second kappa shape index (κ2) is 17.2. The van der Waals surface area contributed by atoms with Gasteiger partial charge in [-0.3, -0.25) is 0 Å². The highest BCUT2D eigenvalue weighted by molar-refractivity contribution is 5.59. The van der Waals surface area contributed by atoms with Crippen LogP contribution >= 0.6 is 0 Å². The summed E-state index contributed by atoms with van der Waals surface area (Å²) in [6.45, 7) is 0. The van der Waals surface area contributed by atoms with Crippen molar-refractivity contribution < 1.29 is 43.7 Å². The number of hydrogen-bond donors (Lipinski definition) is 3. The van der Waals surface area contributed by atoms with Crippen molar-refractivity contribution >= 4 is 0 Å². The first-order valence-corrected chi connectivity index (χ1v) is 19.3. The Morgan fingerprint density at radius 1 is 0.233 bits per heavy atom. The molecular formula is C51H48O9. The highest BCUT2D eigenvalue weighted by Crippen LogP contribution is 2.47. The summed E-state index contributed by atoms with van der Waals surface area (Å²) in [5.74, 6) is 3.62. The van der Waals surface area contributed by atoms with Crippen molar-refractivity contribution in [2.45, 2.75) is 16.8 Å². The minimum Gasteiger partial charge on any atom is -0.497 e. The molecule has 60 heavy (non-hydrogen) atoms. The van der Waals surface area contributed by atoms with Gasteiger partial charge in [-0.1, -0.05) is 72.8 Å². The number of rotatable bonds is 15. The van der Waals surface area contributed by atoms with Gasteiger partial charge in [0.2, 0.25) is 0 Å². The predicted molar refractivity (Wildman–Crippen MR) is 231 cm³/mol. The zero-order valence-corrected chi connectivity index (χ0v) is 34.4. The van der Waals surface area contributed by atoms with E-state index in [1.54, 1.807) is 206 Å². The summed E-state index contributed by atoms with van der Waals surface area (Å²) in [5.41, 5.74) is -1.52. The minimum atomic E-state index is -1.87. The third-order valence-corrected chi connectivity index (χ3v) is 11.2. The lowest BCUT2D eigenvalue weighted by atomic mass is 9.72. The average Bonchev–Trinajstić information content (AvgIpc) is 3.33. The SMILES string of the molecule is COc1ccc(C(O)(c2ccc(OC)cc2)c2cc(C(O)(c3ccc(OC)cc3)c3ccc(OC)cc3)cc(C(O)(c3ccc(OC)cc3)c3ccc(OC)cc3)c2)cc1. The van der Waals surface area contributed by atoms with Gasteiger partial charge in [0.25, 0.3) is 0 Å². The maximum atomic E-state index is 13.6. The Balaban J connectivity index is 1.62. The van der Waals surface area contributed by atoms with Crippen molar-refractivity contribution in [1.82, 2.24) is 0 Å². The summed E-state index contributed by atoms with van der Waals surface area (Å²) in [4.78, 5) is 0. The van der Waals surface area contributed by atoms with Gasteiger partial charge in [-0.2, -0.15) is 0 Å². The maximum Gasteiger partial charge on any atom is 0.140 e. The number of benzene rings is 7. The van der Waals surface area contributed by atoms with E-state index in [4.69, 9.17) is 28.4 Å². The molecule has 0 saturated carbocycles. The molecule has 0 bridgehead atoms. The first-order chi connectivity index (χ1) is 29.0. The summed E-state index contributed by atoms with van der Waals surface area (Å²) in [7, 11) is 9.49. The van der Waals surface area contributed by atoms with E-state index in [-0.39, 0.29) is 0 Å². The van der Waals surface area contributed by atoms with E-state index < -0.39 is 16.8 Å². The lowest BCUT2D eigenvalue weighted by Gasteiger charge is -2.37. The Bertz CT molecular complexity index is 2060. The van der Waals surface area contributed by atoms with Crippen LogP contribution in [0.1, 0.15) is 50.1 Å². The van der Waals surface area contributed by atoms with Crippen molar-refractivity contribution in [1.29, 1.82) is 0 Å². The van der Waals surface area contributed by atoms with E-state index >= 15 is 0 Å². The van der Waals surface area contributed by atoms with E-state index in [1.807, 2.05) is 0 Å². The highest BCUT2D eigenvalue weighted by atomic mass is 16.5. The maximum absolute atomic E-state index is 13.6. The monoisotopic (exact) mass is 804 g/mol. The molecule has 0 aliphatic carbocycles. The standard InChI is InChI=1S/C51H48O9/c1-55-43-19-7-34(8-20-43)49(52,35-9-21-44(56-2)22-10-35)40-31-41(50(53,36-11-23-45(57-3)24-12-36)37-13-25-46(58-4)26-14-37)33-42(32-40)51(54,38-15-27-47(59-5)28-16-38)39-17-29-48(60-6)30-18-39/h7-33,52-54H,1-6H3. The first-order valence-electron chi connectivity index (χ1n) is 19.3. The molecule has 7 aromatic carbocycles. The van der Waals surface area contributed by atoms with Crippen molar-refractivity contribution in [2.75, 3.05) is 42.7 Å². The van der Waals surface area contributed by atoms with E-state index in [0.717, 1.165) is 0 Å². The number of hydrogen-bond acceptors (Lipinski definition) is 9. The van der Waals surface area contributed by atoms with Gasteiger partial charge in [0.15, 0.2) is 0 Å². The first kappa shape index (κ1) is 41.4. The van der Waals surface area contributed by atoms with E-state index in [2.05, 4.69) is 0 Å². The summed E-state index contributed by atoms with van der Waals surface area (Å²) in [6.07, 6.45) is 0. The summed E-state index contributed by atoms with van der Waals surface area (Å²) in [5, 5.41) is 40.7. The van der Waals surface area contributed by atoms with Crippen molar-refractivity contribution in [3.63, 3.8) is 0 Å². The Hall–Kier alpha value is -6.78. The molecule has 7 aromatic rings. The van der Waals surface area contributed by atoms with Gasteiger partial charge in [-0.05, 0) is 141 Å². The van der Waals surface area contributed by atoms with E-state index in [0.29, 0.717) is 84.6 Å². The molecule has 3 N–H and O–H groups in total. The molecule has 0 heterocycles. The summed E-state index contributed by atoms with van der Waals surface area (Å²) >= 11 is 0. The molecule has 0 aliphatic heterocycles. The van der Waals surface area contributed by atoms with Crippen molar-refractivity contribution in [3.8, 4) is 34.5 Å². The Labute approximate surface area is 350 Å².